The molecule has 0 aliphatic carbocycles. The summed E-state index contributed by atoms with van der Waals surface area (Å²) in [6.07, 6.45) is 2.01. The Morgan fingerprint density at radius 1 is 1.25 bits per heavy atom. The summed E-state index contributed by atoms with van der Waals surface area (Å²) in [6.45, 7) is 8.48. The maximum Gasteiger partial charge on any atom is 0.239 e. The van der Waals surface area contributed by atoms with E-state index in [1.807, 2.05) is 6.92 Å². The minimum atomic E-state index is -0.347. The van der Waals surface area contributed by atoms with E-state index in [1.54, 1.807) is 11.8 Å². The van der Waals surface area contributed by atoms with E-state index in [1.165, 1.54) is 0 Å². The van der Waals surface area contributed by atoms with Crippen molar-refractivity contribution >= 4 is 11.8 Å². The van der Waals surface area contributed by atoms with Gasteiger partial charge < -0.3 is 15.0 Å². The third-order valence-electron chi connectivity index (χ3n) is 3.39. The first-order valence-electron chi connectivity index (χ1n) is 7.43. The van der Waals surface area contributed by atoms with Crippen LogP contribution in [0.3, 0.4) is 0 Å². The predicted molar refractivity (Wildman–Crippen MR) is 77.4 cm³/mol. The fraction of sp³-hybridized carbons (Fsp3) is 0.857. The summed E-state index contributed by atoms with van der Waals surface area (Å²) in [6, 6.07) is -0.167. The fourth-order valence-corrected chi connectivity index (χ4v) is 2.22. The van der Waals surface area contributed by atoms with Gasteiger partial charge in [0.15, 0.2) is 0 Å². The van der Waals surface area contributed by atoms with Gasteiger partial charge in [-0.15, -0.1) is 0 Å². The summed E-state index contributed by atoms with van der Waals surface area (Å²) >= 11 is 0. The van der Waals surface area contributed by atoms with Gasteiger partial charge in [0.2, 0.25) is 11.8 Å². The molecule has 2 atom stereocenters. The van der Waals surface area contributed by atoms with Crippen LogP contribution >= 0.6 is 0 Å². The number of rotatable bonds is 7. The average molecular weight is 285 g/mol. The Bertz CT molecular complexity index is 317. The number of nitrogens with zero attached hydrogens (tertiary/aromatic N) is 1. The van der Waals surface area contributed by atoms with Crippen molar-refractivity contribution in [2.24, 2.45) is 0 Å². The van der Waals surface area contributed by atoms with Crippen LogP contribution in [0.5, 0.6) is 0 Å². The van der Waals surface area contributed by atoms with Crippen LogP contribution in [0.25, 0.3) is 0 Å². The molecule has 1 aliphatic heterocycles. The molecule has 20 heavy (non-hydrogen) atoms. The number of amides is 2. The van der Waals surface area contributed by atoms with E-state index in [4.69, 9.17) is 4.74 Å². The lowest BCUT2D eigenvalue weighted by Crippen LogP contribution is -2.51. The van der Waals surface area contributed by atoms with E-state index in [0.717, 1.165) is 12.8 Å². The minimum Gasteiger partial charge on any atom is -0.378 e. The molecule has 6 heteroatoms. The number of hydrogen-bond donors (Lipinski definition) is 2. The lowest BCUT2D eigenvalue weighted by molar-refractivity contribution is -0.137. The molecule has 2 N–H and O–H groups in total. The summed E-state index contributed by atoms with van der Waals surface area (Å²) in [5.41, 5.74) is 0. The average Bonchev–Trinajstić information content (AvgIpc) is 2.45. The van der Waals surface area contributed by atoms with Gasteiger partial charge in [0.25, 0.3) is 0 Å². The second-order valence-corrected chi connectivity index (χ2v) is 5.30. The van der Waals surface area contributed by atoms with Gasteiger partial charge in [0.05, 0.1) is 25.8 Å². The molecule has 116 valence electrons. The van der Waals surface area contributed by atoms with E-state index in [9.17, 15) is 9.59 Å². The standard InChI is InChI=1S/C14H27N3O3/c1-4-5-11(2)16-13(18)10-15-12(3)14(19)17-6-8-20-9-7-17/h11-12,15H,4-10H2,1-3H3,(H,16,18). The topological polar surface area (TPSA) is 70.7 Å². The van der Waals surface area contributed by atoms with E-state index >= 15 is 0 Å². The molecule has 1 fully saturated rings. The third-order valence-corrected chi connectivity index (χ3v) is 3.39. The second kappa shape index (κ2) is 8.92. The van der Waals surface area contributed by atoms with Gasteiger partial charge in [-0.3, -0.25) is 14.9 Å². The molecule has 0 bridgehead atoms. The highest BCUT2D eigenvalue weighted by Crippen LogP contribution is 2.00. The van der Waals surface area contributed by atoms with Gasteiger partial charge in [0, 0.05) is 19.1 Å². The summed E-state index contributed by atoms with van der Waals surface area (Å²) in [4.78, 5) is 25.6. The van der Waals surface area contributed by atoms with Crippen molar-refractivity contribution < 1.29 is 14.3 Å². The molecule has 0 saturated carbocycles. The van der Waals surface area contributed by atoms with E-state index in [-0.39, 0.29) is 30.4 Å². The number of nitrogens with one attached hydrogen (secondary N) is 2. The molecule has 0 aromatic rings. The largest absolute Gasteiger partial charge is 0.378 e. The maximum absolute atomic E-state index is 12.1. The van der Waals surface area contributed by atoms with Crippen LogP contribution in [-0.2, 0) is 14.3 Å². The zero-order valence-corrected chi connectivity index (χ0v) is 12.8. The monoisotopic (exact) mass is 285 g/mol. The molecule has 2 unspecified atom stereocenters. The van der Waals surface area contributed by atoms with Gasteiger partial charge in [-0.05, 0) is 20.3 Å². The summed E-state index contributed by atoms with van der Waals surface area (Å²) in [5, 5.41) is 5.89. The zero-order valence-electron chi connectivity index (χ0n) is 12.8. The van der Waals surface area contributed by atoms with Gasteiger partial charge in [-0.25, -0.2) is 0 Å². The molecule has 6 nitrogen and oxygen atoms in total. The lowest BCUT2D eigenvalue weighted by Gasteiger charge is -2.29. The Kier molecular flexibility index (Phi) is 7.54. The summed E-state index contributed by atoms with van der Waals surface area (Å²) < 4.78 is 5.22. The molecular formula is C14H27N3O3. The Hall–Kier alpha value is -1.14. The van der Waals surface area contributed by atoms with E-state index < -0.39 is 0 Å². The van der Waals surface area contributed by atoms with Crippen LogP contribution in [0.1, 0.15) is 33.6 Å². The highest BCUT2D eigenvalue weighted by atomic mass is 16.5. The van der Waals surface area contributed by atoms with Crippen LogP contribution in [0.4, 0.5) is 0 Å². The van der Waals surface area contributed by atoms with Crippen LogP contribution in [0, 0.1) is 0 Å². The molecule has 1 heterocycles. The Labute approximate surface area is 121 Å². The molecule has 1 saturated heterocycles. The minimum absolute atomic E-state index is 0.0303. The van der Waals surface area contributed by atoms with Crippen molar-refractivity contribution in [2.75, 3.05) is 32.8 Å². The third kappa shape index (κ3) is 5.88. The maximum atomic E-state index is 12.1. The van der Waals surface area contributed by atoms with Gasteiger partial charge >= 0.3 is 0 Å². The van der Waals surface area contributed by atoms with E-state index in [0.29, 0.717) is 26.3 Å². The predicted octanol–water partition coefficient (Wildman–Crippen LogP) is 0.128. The van der Waals surface area contributed by atoms with Crippen molar-refractivity contribution in [1.82, 2.24) is 15.5 Å². The zero-order chi connectivity index (χ0) is 15.0. The molecule has 0 radical (unpaired) electrons. The van der Waals surface area contributed by atoms with Crippen molar-refractivity contribution in [1.29, 1.82) is 0 Å². The summed E-state index contributed by atoms with van der Waals surface area (Å²) in [7, 11) is 0. The first-order valence-corrected chi connectivity index (χ1v) is 7.43. The van der Waals surface area contributed by atoms with Crippen LogP contribution in [0.2, 0.25) is 0 Å². The van der Waals surface area contributed by atoms with Crippen molar-refractivity contribution in [3.63, 3.8) is 0 Å². The Morgan fingerprint density at radius 2 is 1.90 bits per heavy atom. The van der Waals surface area contributed by atoms with Crippen molar-refractivity contribution in [3.05, 3.63) is 0 Å². The molecule has 0 spiro atoms. The van der Waals surface area contributed by atoms with Gasteiger partial charge in [-0.2, -0.15) is 0 Å². The molecule has 0 aromatic heterocycles. The quantitative estimate of drug-likeness (QED) is 0.697. The van der Waals surface area contributed by atoms with Gasteiger partial charge in [0.1, 0.15) is 0 Å². The second-order valence-electron chi connectivity index (χ2n) is 5.30. The Morgan fingerprint density at radius 3 is 2.50 bits per heavy atom. The lowest BCUT2D eigenvalue weighted by atomic mass is 10.2. The first kappa shape index (κ1) is 16.9. The highest BCUT2D eigenvalue weighted by molar-refractivity contribution is 5.83. The Balaban J connectivity index is 2.25. The van der Waals surface area contributed by atoms with Crippen molar-refractivity contribution in [3.8, 4) is 0 Å². The number of ether oxygens (including phenoxy) is 1. The van der Waals surface area contributed by atoms with Gasteiger partial charge in [-0.1, -0.05) is 13.3 Å². The van der Waals surface area contributed by atoms with Crippen molar-refractivity contribution in [2.45, 2.75) is 45.7 Å². The molecule has 0 aromatic carbocycles. The highest BCUT2D eigenvalue weighted by Gasteiger charge is 2.22. The number of morpholine rings is 1. The normalized spacial score (nSPS) is 18.4. The molecular weight excluding hydrogens is 258 g/mol. The number of carbonyl (C=O) groups excluding carboxylic acids is 2. The number of hydrogen-bond acceptors (Lipinski definition) is 4. The van der Waals surface area contributed by atoms with Crippen LogP contribution in [0.15, 0.2) is 0 Å². The molecule has 2 amide bonds. The smallest absolute Gasteiger partial charge is 0.239 e. The summed E-state index contributed by atoms with van der Waals surface area (Å²) in [5.74, 6) is -0.0321. The first-order chi connectivity index (χ1) is 9.54. The molecule has 1 rings (SSSR count). The fourth-order valence-electron chi connectivity index (χ4n) is 2.22. The SMILES string of the molecule is CCCC(C)NC(=O)CNC(C)C(=O)N1CCOCC1. The van der Waals surface area contributed by atoms with Crippen LogP contribution < -0.4 is 10.6 Å². The number of carbonyl (C=O) groups is 2. The van der Waals surface area contributed by atoms with Crippen LogP contribution in [-0.4, -0.2) is 61.6 Å². The molecule has 1 aliphatic rings. The van der Waals surface area contributed by atoms with E-state index in [2.05, 4.69) is 17.6 Å².